The highest BCUT2D eigenvalue weighted by Crippen LogP contribution is 2.22. The van der Waals surface area contributed by atoms with Gasteiger partial charge in [-0.05, 0) is 45.6 Å². The Morgan fingerprint density at radius 1 is 1.32 bits per heavy atom. The molecule has 1 fully saturated rings. The van der Waals surface area contributed by atoms with Gasteiger partial charge < -0.3 is 19.7 Å². The van der Waals surface area contributed by atoms with E-state index in [1.807, 2.05) is 18.0 Å². The number of likely N-dealkylation sites (N-methyl/N-ethyl adjacent to an activating group) is 2. The average Bonchev–Trinajstić information content (AvgIpc) is 3.17. The Hall–Kier alpha value is -1.85. The first-order chi connectivity index (χ1) is 12.0. The molecule has 2 aromatic rings. The Morgan fingerprint density at radius 2 is 2.08 bits per heavy atom. The van der Waals surface area contributed by atoms with Crippen LogP contribution < -0.4 is 0 Å². The first kappa shape index (κ1) is 18.0. The van der Waals surface area contributed by atoms with E-state index in [9.17, 15) is 4.79 Å². The molecule has 136 valence electrons. The van der Waals surface area contributed by atoms with Crippen molar-refractivity contribution >= 4 is 16.8 Å². The van der Waals surface area contributed by atoms with E-state index in [0.717, 1.165) is 30.8 Å². The Kier molecular flexibility index (Phi) is 5.45. The third kappa shape index (κ3) is 4.05. The van der Waals surface area contributed by atoms with Gasteiger partial charge in [0, 0.05) is 49.2 Å². The Morgan fingerprint density at radius 3 is 2.76 bits per heavy atom. The number of carbonyl (C=O) groups is 1. The van der Waals surface area contributed by atoms with Crippen LogP contribution >= 0.6 is 0 Å². The Bertz CT molecular complexity index is 738. The number of rotatable bonds is 6. The summed E-state index contributed by atoms with van der Waals surface area (Å²) in [5, 5.41) is 1.24. The fraction of sp³-hybridized carbons (Fsp3) is 0.550. The molecule has 2 heterocycles. The van der Waals surface area contributed by atoms with Crippen molar-refractivity contribution in [1.29, 1.82) is 0 Å². The zero-order valence-corrected chi connectivity index (χ0v) is 15.9. The molecule has 0 aliphatic carbocycles. The van der Waals surface area contributed by atoms with E-state index >= 15 is 0 Å². The predicted octanol–water partition coefficient (Wildman–Crippen LogP) is 2.46. The van der Waals surface area contributed by atoms with E-state index in [2.05, 4.69) is 54.0 Å². The monoisotopic (exact) mass is 342 g/mol. The number of amides is 1. The normalized spacial score (nSPS) is 18.4. The number of likely N-dealkylation sites (tertiary alicyclic amines) is 1. The van der Waals surface area contributed by atoms with Crippen molar-refractivity contribution in [3.05, 3.63) is 35.5 Å². The molecule has 1 aliphatic rings. The lowest BCUT2D eigenvalue weighted by Gasteiger charge is -2.25. The van der Waals surface area contributed by atoms with Crippen LogP contribution in [0.25, 0.3) is 10.9 Å². The fourth-order valence-corrected chi connectivity index (χ4v) is 3.74. The number of benzene rings is 1. The second-order valence-corrected chi connectivity index (χ2v) is 7.46. The molecule has 0 spiro atoms. The van der Waals surface area contributed by atoms with Gasteiger partial charge in [0.1, 0.15) is 0 Å². The van der Waals surface area contributed by atoms with Crippen molar-refractivity contribution in [1.82, 2.24) is 19.7 Å². The number of nitrogens with one attached hydrogen (secondary N) is 1. The van der Waals surface area contributed by atoms with E-state index in [1.165, 1.54) is 17.4 Å². The first-order valence-corrected chi connectivity index (χ1v) is 9.14. The molecule has 1 aliphatic heterocycles. The smallest absolute Gasteiger partial charge is 0.223 e. The molecule has 1 amide bonds. The summed E-state index contributed by atoms with van der Waals surface area (Å²) in [4.78, 5) is 22.5. The van der Waals surface area contributed by atoms with E-state index in [1.54, 1.807) is 0 Å². The number of aromatic nitrogens is 1. The molecule has 1 N–H and O–H groups in total. The highest BCUT2D eigenvalue weighted by molar-refractivity contribution is 5.84. The Balaban J connectivity index is 1.54. The minimum absolute atomic E-state index is 0.205. The molecule has 1 aromatic carbocycles. The lowest BCUT2D eigenvalue weighted by Crippen LogP contribution is -2.37. The van der Waals surface area contributed by atoms with Crippen LogP contribution in [-0.2, 0) is 11.3 Å². The summed E-state index contributed by atoms with van der Waals surface area (Å²) in [6.07, 6.45) is 1.78. The molecule has 1 aromatic heterocycles. The van der Waals surface area contributed by atoms with E-state index < -0.39 is 0 Å². The maximum Gasteiger partial charge on any atom is 0.223 e. The molecular weight excluding hydrogens is 312 g/mol. The zero-order chi connectivity index (χ0) is 18.0. The van der Waals surface area contributed by atoms with E-state index in [4.69, 9.17) is 0 Å². The molecule has 1 saturated heterocycles. The van der Waals surface area contributed by atoms with Crippen molar-refractivity contribution in [2.45, 2.75) is 32.4 Å². The molecule has 0 unspecified atom stereocenters. The zero-order valence-electron chi connectivity index (χ0n) is 15.9. The second kappa shape index (κ2) is 7.58. The molecule has 0 bridgehead atoms. The maximum atomic E-state index is 12.5. The van der Waals surface area contributed by atoms with Crippen LogP contribution in [0.15, 0.2) is 24.3 Å². The number of carbonyl (C=O) groups excluding carboxylic acids is 1. The largest absolute Gasteiger partial charge is 0.357 e. The van der Waals surface area contributed by atoms with Gasteiger partial charge in [0.05, 0.1) is 6.54 Å². The summed E-state index contributed by atoms with van der Waals surface area (Å²) < 4.78 is 0. The van der Waals surface area contributed by atoms with Crippen LogP contribution in [-0.4, -0.2) is 72.4 Å². The van der Waals surface area contributed by atoms with Crippen LogP contribution in [0.1, 0.15) is 24.1 Å². The summed E-state index contributed by atoms with van der Waals surface area (Å²) in [5.41, 5.74) is 3.50. The maximum absolute atomic E-state index is 12.5. The van der Waals surface area contributed by atoms with Crippen molar-refractivity contribution in [2.75, 3.05) is 40.8 Å². The van der Waals surface area contributed by atoms with Crippen molar-refractivity contribution in [3.63, 3.8) is 0 Å². The highest BCUT2D eigenvalue weighted by Gasteiger charge is 2.23. The van der Waals surface area contributed by atoms with Gasteiger partial charge in [-0.25, -0.2) is 0 Å². The first-order valence-electron chi connectivity index (χ1n) is 9.14. The Labute approximate surface area is 150 Å². The average molecular weight is 342 g/mol. The van der Waals surface area contributed by atoms with Gasteiger partial charge >= 0.3 is 0 Å². The van der Waals surface area contributed by atoms with Gasteiger partial charge in [-0.2, -0.15) is 0 Å². The number of hydrogen-bond donors (Lipinski definition) is 1. The van der Waals surface area contributed by atoms with Crippen molar-refractivity contribution in [2.24, 2.45) is 0 Å². The molecule has 0 saturated carbocycles. The number of aryl methyl sites for hydroxylation is 1. The van der Waals surface area contributed by atoms with Crippen molar-refractivity contribution < 1.29 is 4.79 Å². The van der Waals surface area contributed by atoms with Gasteiger partial charge in [-0.3, -0.25) is 4.79 Å². The molecule has 0 radical (unpaired) electrons. The quantitative estimate of drug-likeness (QED) is 0.877. The van der Waals surface area contributed by atoms with Crippen LogP contribution in [0.2, 0.25) is 0 Å². The molecule has 25 heavy (non-hydrogen) atoms. The van der Waals surface area contributed by atoms with E-state index in [0.29, 0.717) is 19.0 Å². The number of para-hydroxylation sites is 1. The van der Waals surface area contributed by atoms with Gasteiger partial charge in [0.25, 0.3) is 0 Å². The molecular formula is C20H30N4O. The summed E-state index contributed by atoms with van der Waals surface area (Å²) in [5.74, 6) is 0.205. The summed E-state index contributed by atoms with van der Waals surface area (Å²) >= 11 is 0. The SMILES string of the molecule is Cc1c(CN(C)C(=O)CCN(C)[C@@H]2CCN(C)C2)[nH]c2ccccc12. The number of hydrogen-bond acceptors (Lipinski definition) is 3. The molecule has 3 rings (SSSR count). The van der Waals surface area contributed by atoms with Gasteiger partial charge in [-0.1, -0.05) is 18.2 Å². The second-order valence-electron chi connectivity index (χ2n) is 7.46. The molecule has 1 atom stereocenters. The third-order valence-corrected chi connectivity index (χ3v) is 5.56. The summed E-state index contributed by atoms with van der Waals surface area (Å²) in [6, 6.07) is 8.88. The minimum atomic E-state index is 0.205. The number of nitrogens with zero attached hydrogens (tertiary/aromatic N) is 3. The standard InChI is InChI=1S/C20H30N4O/c1-15-17-7-5-6-8-18(17)21-19(15)14-24(4)20(25)10-12-23(3)16-9-11-22(2)13-16/h5-8,16,21H,9-14H2,1-4H3/t16-/m1/s1. The summed E-state index contributed by atoms with van der Waals surface area (Å²) in [6.45, 7) is 5.84. The van der Waals surface area contributed by atoms with Crippen molar-refractivity contribution in [3.8, 4) is 0 Å². The third-order valence-electron chi connectivity index (χ3n) is 5.56. The van der Waals surface area contributed by atoms with Crippen LogP contribution in [0.4, 0.5) is 0 Å². The van der Waals surface area contributed by atoms with Gasteiger partial charge in [0.15, 0.2) is 0 Å². The predicted molar refractivity (Wildman–Crippen MR) is 103 cm³/mol. The van der Waals surface area contributed by atoms with Gasteiger partial charge in [-0.15, -0.1) is 0 Å². The lowest BCUT2D eigenvalue weighted by atomic mass is 10.1. The van der Waals surface area contributed by atoms with Crippen LogP contribution in [0.3, 0.4) is 0 Å². The van der Waals surface area contributed by atoms with E-state index in [-0.39, 0.29) is 5.91 Å². The minimum Gasteiger partial charge on any atom is -0.357 e. The number of aromatic amines is 1. The van der Waals surface area contributed by atoms with Crippen LogP contribution in [0.5, 0.6) is 0 Å². The highest BCUT2D eigenvalue weighted by atomic mass is 16.2. The van der Waals surface area contributed by atoms with Gasteiger partial charge in [0.2, 0.25) is 5.91 Å². The topological polar surface area (TPSA) is 42.6 Å². The fourth-order valence-electron chi connectivity index (χ4n) is 3.74. The lowest BCUT2D eigenvalue weighted by molar-refractivity contribution is -0.130. The molecule has 5 nitrogen and oxygen atoms in total. The summed E-state index contributed by atoms with van der Waals surface area (Å²) in [7, 11) is 6.20. The number of H-pyrrole nitrogens is 1. The molecule has 5 heteroatoms. The van der Waals surface area contributed by atoms with Crippen LogP contribution in [0, 0.1) is 6.92 Å². The number of fused-ring (bicyclic) bond motifs is 1.